The summed E-state index contributed by atoms with van der Waals surface area (Å²) < 4.78 is 38.1. The second kappa shape index (κ2) is 9.85. The van der Waals surface area contributed by atoms with Gasteiger partial charge in [0, 0.05) is 25.6 Å². The molecule has 0 unspecified atom stereocenters. The Morgan fingerprint density at radius 3 is 2.33 bits per heavy atom. The number of benzene rings is 1. The minimum atomic E-state index is -3.68. The van der Waals surface area contributed by atoms with Crippen molar-refractivity contribution in [2.45, 2.75) is 63.3 Å². The van der Waals surface area contributed by atoms with Gasteiger partial charge in [0.2, 0.25) is 15.9 Å². The molecule has 2 aliphatic rings. The van der Waals surface area contributed by atoms with E-state index in [9.17, 15) is 13.2 Å². The maximum absolute atomic E-state index is 13.6. The highest BCUT2D eigenvalue weighted by atomic mass is 32.2. The highest BCUT2D eigenvalue weighted by molar-refractivity contribution is 7.89. The molecule has 33 heavy (non-hydrogen) atoms. The van der Waals surface area contributed by atoms with Gasteiger partial charge in [0.15, 0.2) is 5.76 Å². The Morgan fingerprint density at radius 1 is 1.03 bits per heavy atom. The number of hydrogen-bond donors (Lipinski definition) is 0. The monoisotopic (exact) mass is 475 g/mol. The van der Waals surface area contributed by atoms with Crippen molar-refractivity contribution in [2.24, 2.45) is 5.92 Å². The van der Waals surface area contributed by atoms with Crippen LogP contribution in [0.4, 0.5) is 0 Å². The van der Waals surface area contributed by atoms with E-state index in [0.717, 1.165) is 43.5 Å². The molecule has 0 aliphatic carbocycles. The normalized spacial score (nSPS) is 21.1. The first-order valence-corrected chi connectivity index (χ1v) is 13.1. The number of ether oxygens (including phenoxy) is 1. The molecule has 1 aromatic heterocycles. The van der Waals surface area contributed by atoms with Crippen LogP contribution in [0, 0.1) is 19.8 Å². The van der Waals surface area contributed by atoms with Gasteiger partial charge in [0.25, 0.3) is 0 Å². The van der Waals surface area contributed by atoms with Crippen molar-refractivity contribution < 1.29 is 22.5 Å². The molecule has 0 bridgehead atoms. The van der Waals surface area contributed by atoms with Crippen molar-refractivity contribution in [2.75, 3.05) is 26.7 Å². The summed E-state index contributed by atoms with van der Waals surface area (Å²) in [4.78, 5) is 15.8. The van der Waals surface area contributed by atoms with Crippen molar-refractivity contribution in [1.29, 1.82) is 0 Å². The molecular weight excluding hydrogens is 442 g/mol. The molecule has 0 radical (unpaired) electrons. The van der Waals surface area contributed by atoms with Gasteiger partial charge < -0.3 is 14.2 Å². The molecule has 3 heterocycles. The van der Waals surface area contributed by atoms with E-state index in [4.69, 9.17) is 9.26 Å². The summed E-state index contributed by atoms with van der Waals surface area (Å²) in [6.45, 7) is 4.64. The zero-order valence-electron chi connectivity index (χ0n) is 19.6. The average Bonchev–Trinajstić information content (AvgIpc) is 3.01. The molecule has 0 N–H and O–H groups in total. The molecule has 2 fully saturated rings. The maximum atomic E-state index is 13.6. The number of piperidine rings is 1. The Labute approximate surface area is 195 Å². The van der Waals surface area contributed by atoms with Gasteiger partial charge in [-0.2, -0.15) is 4.31 Å². The van der Waals surface area contributed by atoms with Crippen LogP contribution in [0.3, 0.4) is 0 Å². The SMILES string of the molecule is COc1ccc([C@@H]2CCCCCN2C(=O)C2CCN(S(=O)(=O)c3c(C)noc3C)CC2)cc1. The fourth-order valence-corrected chi connectivity index (χ4v) is 6.86. The summed E-state index contributed by atoms with van der Waals surface area (Å²) in [6, 6.07) is 8.04. The summed E-state index contributed by atoms with van der Waals surface area (Å²) in [5.41, 5.74) is 1.50. The first kappa shape index (κ1) is 23.8. The summed E-state index contributed by atoms with van der Waals surface area (Å²) >= 11 is 0. The van der Waals surface area contributed by atoms with Crippen molar-refractivity contribution in [3.05, 3.63) is 41.3 Å². The summed E-state index contributed by atoms with van der Waals surface area (Å²) in [7, 11) is -2.03. The third kappa shape index (κ3) is 4.80. The number of aromatic nitrogens is 1. The fraction of sp³-hybridized carbons (Fsp3) is 0.583. The highest BCUT2D eigenvalue weighted by Crippen LogP contribution is 2.35. The van der Waals surface area contributed by atoms with Crippen LogP contribution >= 0.6 is 0 Å². The molecule has 8 nitrogen and oxygen atoms in total. The molecule has 1 aromatic carbocycles. The Balaban J connectivity index is 1.47. The lowest BCUT2D eigenvalue weighted by molar-refractivity contribution is -0.139. The lowest BCUT2D eigenvalue weighted by Crippen LogP contribution is -2.45. The third-order valence-corrected chi connectivity index (χ3v) is 9.05. The van der Waals surface area contributed by atoms with Crippen LogP contribution in [0.2, 0.25) is 0 Å². The van der Waals surface area contributed by atoms with Crippen molar-refractivity contribution in [3.63, 3.8) is 0 Å². The standard InChI is InChI=1S/C24H33N3O5S/c1-17-23(18(2)32-25-17)33(29,30)26-15-12-20(13-16-26)24(28)27-14-6-4-5-7-22(27)19-8-10-21(31-3)11-9-19/h8-11,20,22H,4-7,12-16H2,1-3H3/t22-/m0/s1. The molecule has 1 atom stereocenters. The molecule has 2 aliphatic heterocycles. The molecule has 0 saturated carbocycles. The number of aryl methyl sites for hydroxylation is 2. The van der Waals surface area contributed by atoms with Gasteiger partial charge >= 0.3 is 0 Å². The predicted molar refractivity (Wildman–Crippen MR) is 123 cm³/mol. The van der Waals surface area contributed by atoms with Crippen LogP contribution in [-0.4, -0.2) is 55.4 Å². The molecule has 180 valence electrons. The van der Waals surface area contributed by atoms with Crippen LogP contribution in [0.25, 0.3) is 0 Å². The van der Waals surface area contributed by atoms with E-state index in [-0.39, 0.29) is 22.8 Å². The van der Waals surface area contributed by atoms with Crippen LogP contribution in [0.1, 0.15) is 61.6 Å². The van der Waals surface area contributed by atoms with Gasteiger partial charge in [-0.1, -0.05) is 30.1 Å². The topological polar surface area (TPSA) is 93.0 Å². The average molecular weight is 476 g/mol. The van der Waals surface area contributed by atoms with Crippen LogP contribution in [-0.2, 0) is 14.8 Å². The molecule has 1 amide bonds. The third-order valence-electron chi connectivity index (χ3n) is 6.91. The lowest BCUT2D eigenvalue weighted by atomic mass is 9.94. The second-order valence-electron chi connectivity index (χ2n) is 9.00. The predicted octanol–water partition coefficient (Wildman–Crippen LogP) is 3.84. The molecule has 2 saturated heterocycles. The highest BCUT2D eigenvalue weighted by Gasteiger charge is 2.38. The zero-order chi connectivity index (χ0) is 23.6. The number of rotatable bonds is 5. The number of carbonyl (C=O) groups is 1. The Morgan fingerprint density at radius 2 is 1.73 bits per heavy atom. The zero-order valence-corrected chi connectivity index (χ0v) is 20.4. The number of nitrogens with zero attached hydrogens (tertiary/aromatic N) is 3. The Kier molecular flexibility index (Phi) is 7.09. The van der Waals surface area contributed by atoms with Crippen molar-refractivity contribution >= 4 is 15.9 Å². The largest absolute Gasteiger partial charge is 0.497 e. The maximum Gasteiger partial charge on any atom is 0.248 e. The van der Waals surface area contributed by atoms with Crippen LogP contribution < -0.4 is 4.74 Å². The van der Waals surface area contributed by atoms with E-state index in [1.54, 1.807) is 21.0 Å². The number of hydrogen-bond acceptors (Lipinski definition) is 6. The fourth-order valence-electron chi connectivity index (χ4n) is 5.09. The van der Waals surface area contributed by atoms with Gasteiger partial charge in [0.05, 0.1) is 13.2 Å². The summed E-state index contributed by atoms with van der Waals surface area (Å²) in [5, 5.41) is 3.79. The van der Waals surface area contributed by atoms with E-state index in [1.165, 1.54) is 4.31 Å². The van der Waals surface area contributed by atoms with Crippen molar-refractivity contribution in [1.82, 2.24) is 14.4 Å². The van der Waals surface area contributed by atoms with Gasteiger partial charge in [-0.05, 0) is 57.2 Å². The van der Waals surface area contributed by atoms with Crippen LogP contribution in [0.5, 0.6) is 5.75 Å². The quantitative estimate of drug-likeness (QED) is 0.652. The van der Waals surface area contributed by atoms with Gasteiger partial charge in [-0.15, -0.1) is 0 Å². The number of sulfonamides is 1. The first-order chi connectivity index (χ1) is 15.8. The van der Waals surface area contributed by atoms with E-state index in [0.29, 0.717) is 37.4 Å². The molecular formula is C24H33N3O5S. The minimum Gasteiger partial charge on any atom is -0.497 e. The van der Waals surface area contributed by atoms with E-state index >= 15 is 0 Å². The van der Waals surface area contributed by atoms with Crippen molar-refractivity contribution in [3.8, 4) is 5.75 Å². The Bertz CT molecular complexity index is 1050. The lowest BCUT2D eigenvalue weighted by Gasteiger charge is -2.36. The summed E-state index contributed by atoms with van der Waals surface area (Å²) in [5.74, 6) is 1.08. The number of carbonyl (C=O) groups excluding carboxylic acids is 1. The first-order valence-electron chi connectivity index (χ1n) is 11.7. The van der Waals surface area contributed by atoms with Gasteiger partial charge in [-0.25, -0.2) is 8.42 Å². The summed E-state index contributed by atoms with van der Waals surface area (Å²) in [6.07, 6.45) is 5.19. The molecule has 9 heteroatoms. The second-order valence-corrected chi connectivity index (χ2v) is 10.9. The Hall–Kier alpha value is -2.39. The molecule has 2 aromatic rings. The van der Waals surface area contributed by atoms with E-state index in [1.807, 2.05) is 29.2 Å². The van der Waals surface area contributed by atoms with E-state index < -0.39 is 10.0 Å². The van der Waals surface area contributed by atoms with Gasteiger partial charge in [-0.3, -0.25) is 4.79 Å². The number of methoxy groups -OCH3 is 1. The molecule has 0 spiro atoms. The number of likely N-dealkylation sites (tertiary alicyclic amines) is 1. The minimum absolute atomic E-state index is 0.0509. The smallest absolute Gasteiger partial charge is 0.248 e. The van der Waals surface area contributed by atoms with E-state index in [2.05, 4.69) is 5.16 Å². The van der Waals surface area contributed by atoms with Crippen LogP contribution in [0.15, 0.2) is 33.7 Å². The number of amides is 1. The molecule has 4 rings (SSSR count). The van der Waals surface area contributed by atoms with Gasteiger partial charge in [0.1, 0.15) is 16.3 Å².